The smallest absolute Gasteiger partial charge is 0.276 e. The minimum Gasteiger partial charge on any atom is -0.447 e. The molecule has 6 heteroatoms. The van der Waals surface area contributed by atoms with Gasteiger partial charge in [0.2, 0.25) is 5.09 Å². The first-order chi connectivity index (χ1) is 7.95. The summed E-state index contributed by atoms with van der Waals surface area (Å²) >= 11 is 0. The molecule has 2 rings (SSSR count). The topological polar surface area (TPSA) is 76.5 Å². The van der Waals surface area contributed by atoms with Crippen molar-refractivity contribution in [3.05, 3.63) is 17.9 Å². The van der Waals surface area contributed by atoms with E-state index in [-0.39, 0.29) is 11.6 Å². The van der Waals surface area contributed by atoms with Gasteiger partial charge in [0.1, 0.15) is 5.76 Å². The fourth-order valence-electron chi connectivity index (χ4n) is 1.84. The van der Waals surface area contributed by atoms with E-state index in [1.54, 1.807) is 13.1 Å². The van der Waals surface area contributed by atoms with E-state index in [1.165, 1.54) is 10.4 Å². The van der Waals surface area contributed by atoms with Gasteiger partial charge in [-0.25, -0.2) is 8.42 Å². The van der Waals surface area contributed by atoms with Gasteiger partial charge in [0.15, 0.2) is 0 Å². The molecule has 0 aromatic carbocycles. The van der Waals surface area contributed by atoms with Gasteiger partial charge in [-0.3, -0.25) is 0 Å². The second-order valence-electron chi connectivity index (χ2n) is 4.68. The van der Waals surface area contributed by atoms with E-state index in [9.17, 15) is 8.42 Å². The SMILES string of the molecule is CC1CC1CN(C)S(=O)(=O)c1ccc(CN)o1. The summed E-state index contributed by atoms with van der Waals surface area (Å²) in [5.74, 6) is 1.60. The summed E-state index contributed by atoms with van der Waals surface area (Å²) in [6, 6.07) is 3.06. The van der Waals surface area contributed by atoms with Crippen LogP contribution in [0.5, 0.6) is 0 Å². The van der Waals surface area contributed by atoms with Crippen LogP contribution in [-0.4, -0.2) is 26.3 Å². The van der Waals surface area contributed by atoms with Crippen molar-refractivity contribution < 1.29 is 12.8 Å². The first-order valence-electron chi connectivity index (χ1n) is 5.70. The maximum atomic E-state index is 12.1. The van der Waals surface area contributed by atoms with E-state index in [1.807, 2.05) is 0 Å². The van der Waals surface area contributed by atoms with Crippen LogP contribution in [-0.2, 0) is 16.6 Å². The zero-order valence-corrected chi connectivity index (χ0v) is 10.9. The average molecular weight is 258 g/mol. The van der Waals surface area contributed by atoms with Crippen LogP contribution in [0.25, 0.3) is 0 Å². The van der Waals surface area contributed by atoms with Gasteiger partial charge in [-0.15, -0.1) is 0 Å². The normalized spacial score (nSPS) is 24.2. The molecule has 1 aromatic heterocycles. The Morgan fingerprint density at radius 1 is 1.53 bits per heavy atom. The molecule has 0 spiro atoms. The highest BCUT2D eigenvalue weighted by atomic mass is 32.2. The van der Waals surface area contributed by atoms with Gasteiger partial charge in [-0.2, -0.15) is 4.31 Å². The van der Waals surface area contributed by atoms with E-state index >= 15 is 0 Å². The molecule has 0 aliphatic heterocycles. The molecule has 2 N–H and O–H groups in total. The van der Waals surface area contributed by atoms with Gasteiger partial charge in [0.25, 0.3) is 10.0 Å². The molecule has 0 amide bonds. The van der Waals surface area contributed by atoms with Gasteiger partial charge < -0.3 is 10.2 Å². The van der Waals surface area contributed by atoms with Gasteiger partial charge in [0.05, 0.1) is 6.54 Å². The molecule has 17 heavy (non-hydrogen) atoms. The first kappa shape index (κ1) is 12.6. The molecule has 2 atom stereocenters. The van der Waals surface area contributed by atoms with Crippen molar-refractivity contribution in [1.29, 1.82) is 0 Å². The summed E-state index contributed by atoms with van der Waals surface area (Å²) in [6.07, 6.45) is 1.10. The van der Waals surface area contributed by atoms with Crippen LogP contribution in [0.2, 0.25) is 0 Å². The Kier molecular flexibility index (Phi) is 3.29. The lowest BCUT2D eigenvalue weighted by atomic mass is 10.3. The molecule has 1 saturated carbocycles. The van der Waals surface area contributed by atoms with Crippen molar-refractivity contribution >= 4 is 10.0 Å². The Balaban J connectivity index is 2.11. The lowest BCUT2D eigenvalue weighted by Crippen LogP contribution is -2.29. The predicted octanol–water partition coefficient (Wildman–Crippen LogP) is 1.01. The molecule has 0 radical (unpaired) electrons. The predicted molar refractivity (Wildman–Crippen MR) is 63.7 cm³/mol. The van der Waals surface area contributed by atoms with Crippen LogP contribution in [0, 0.1) is 11.8 Å². The monoisotopic (exact) mass is 258 g/mol. The summed E-state index contributed by atoms with van der Waals surface area (Å²) in [7, 11) is -1.91. The third kappa shape index (κ3) is 2.53. The van der Waals surface area contributed by atoms with Crippen molar-refractivity contribution in [2.45, 2.75) is 25.0 Å². The number of furan rings is 1. The molecule has 1 aromatic rings. The Morgan fingerprint density at radius 2 is 2.18 bits per heavy atom. The van der Waals surface area contributed by atoms with Gasteiger partial charge in [-0.1, -0.05) is 6.92 Å². The number of nitrogens with zero attached hydrogens (tertiary/aromatic N) is 1. The standard InChI is InChI=1S/C11H18N2O3S/c1-8-5-9(8)7-13(2)17(14,15)11-4-3-10(6-12)16-11/h3-4,8-9H,5-7,12H2,1-2H3. The average Bonchev–Trinajstić information content (AvgIpc) is 2.83. The molecule has 0 bridgehead atoms. The third-order valence-electron chi connectivity index (χ3n) is 3.27. The van der Waals surface area contributed by atoms with E-state index < -0.39 is 10.0 Å². The Labute approximate surface area is 102 Å². The lowest BCUT2D eigenvalue weighted by Gasteiger charge is -2.14. The van der Waals surface area contributed by atoms with E-state index in [2.05, 4.69) is 6.92 Å². The number of rotatable bonds is 5. The molecule has 1 aliphatic carbocycles. The van der Waals surface area contributed by atoms with Crippen molar-refractivity contribution in [2.75, 3.05) is 13.6 Å². The molecule has 1 fully saturated rings. The van der Waals surface area contributed by atoms with Crippen LogP contribution < -0.4 is 5.73 Å². The lowest BCUT2D eigenvalue weighted by molar-refractivity contribution is 0.382. The second-order valence-corrected chi connectivity index (χ2v) is 6.66. The highest BCUT2D eigenvalue weighted by Gasteiger charge is 2.36. The third-order valence-corrected chi connectivity index (χ3v) is 4.97. The van der Waals surface area contributed by atoms with Crippen LogP contribution in [0.15, 0.2) is 21.6 Å². The zero-order chi connectivity index (χ0) is 12.6. The van der Waals surface area contributed by atoms with Gasteiger partial charge >= 0.3 is 0 Å². The fourth-order valence-corrected chi connectivity index (χ4v) is 2.99. The summed E-state index contributed by atoms with van der Waals surface area (Å²) < 4.78 is 30.8. The summed E-state index contributed by atoms with van der Waals surface area (Å²) in [5, 5.41) is -0.0197. The molecule has 1 aliphatic rings. The van der Waals surface area contributed by atoms with Gasteiger partial charge in [-0.05, 0) is 30.4 Å². The molecular weight excluding hydrogens is 240 g/mol. The molecule has 0 saturated heterocycles. The van der Waals surface area contributed by atoms with Crippen LogP contribution in [0.4, 0.5) is 0 Å². The first-order valence-corrected chi connectivity index (χ1v) is 7.14. The van der Waals surface area contributed by atoms with Crippen LogP contribution >= 0.6 is 0 Å². The number of sulfonamides is 1. The number of nitrogens with two attached hydrogens (primary N) is 1. The van der Waals surface area contributed by atoms with E-state index in [0.717, 1.165) is 6.42 Å². The molecule has 2 unspecified atom stereocenters. The minimum atomic E-state index is -3.50. The minimum absolute atomic E-state index is 0.0197. The summed E-state index contributed by atoms with van der Waals surface area (Å²) in [6.45, 7) is 2.89. The van der Waals surface area contributed by atoms with Gasteiger partial charge in [0, 0.05) is 13.6 Å². The Morgan fingerprint density at radius 3 is 2.65 bits per heavy atom. The maximum absolute atomic E-state index is 12.1. The quantitative estimate of drug-likeness (QED) is 0.855. The van der Waals surface area contributed by atoms with Crippen LogP contribution in [0.3, 0.4) is 0 Å². The van der Waals surface area contributed by atoms with Crippen molar-refractivity contribution in [3.63, 3.8) is 0 Å². The van der Waals surface area contributed by atoms with Crippen molar-refractivity contribution in [1.82, 2.24) is 4.31 Å². The van der Waals surface area contributed by atoms with Crippen molar-refractivity contribution in [3.8, 4) is 0 Å². The van der Waals surface area contributed by atoms with E-state index in [4.69, 9.17) is 10.2 Å². The zero-order valence-electron chi connectivity index (χ0n) is 10.1. The second kappa shape index (κ2) is 4.44. The number of hydrogen-bond acceptors (Lipinski definition) is 4. The Hall–Kier alpha value is -0.850. The molecule has 96 valence electrons. The largest absolute Gasteiger partial charge is 0.447 e. The fraction of sp³-hybridized carbons (Fsp3) is 0.636. The van der Waals surface area contributed by atoms with Crippen LogP contribution in [0.1, 0.15) is 19.1 Å². The Bertz CT molecular complexity index is 495. The summed E-state index contributed by atoms with van der Waals surface area (Å²) in [5.41, 5.74) is 5.39. The maximum Gasteiger partial charge on any atom is 0.276 e. The number of hydrogen-bond donors (Lipinski definition) is 1. The molecule has 1 heterocycles. The highest BCUT2D eigenvalue weighted by Crippen LogP contribution is 2.38. The van der Waals surface area contributed by atoms with E-state index in [0.29, 0.717) is 24.1 Å². The van der Waals surface area contributed by atoms with Crippen molar-refractivity contribution in [2.24, 2.45) is 17.6 Å². The summed E-state index contributed by atoms with van der Waals surface area (Å²) in [4.78, 5) is 0. The highest BCUT2D eigenvalue weighted by molar-refractivity contribution is 7.89. The molecular formula is C11H18N2O3S. The molecule has 5 nitrogen and oxygen atoms in total.